The third-order valence-electron chi connectivity index (χ3n) is 15.4. The van der Waals surface area contributed by atoms with Crippen molar-refractivity contribution in [1.82, 2.24) is 0 Å². The number of hydrogen-bond donors (Lipinski definition) is 0. The Hall–Kier alpha value is -11.6. The van der Waals surface area contributed by atoms with Crippen LogP contribution in [0.5, 0.6) is 17.2 Å². The van der Waals surface area contributed by atoms with Crippen LogP contribution in [-0.2, 0) is 5.41 Å². The first-order valence-electron chi connectivity index (χ1n) is 28.8. The van der Waals surface area contributed by atoms with E-state index in [1.165, 1.54) is 0 Å². The summed E-state index contributed by atoms with van der Waals surface area (Å²) in [5.74, 6) is -0.358. The molecular formula is C78H59N3O6. The average molecular weight is 1130 g/mol. The standard InChI is InChI=1S/C78H59N3O6/c1-2-78(60-39-51-72(52-40-60)85-75(82)57-33-45-69(46-34-57)79(63-21-9-3-10-22-63)64-23-11-4-12-24-64,61-41-53-73(54-42-61)86-76(83)58-35-47-70(48-36-58)80(65-25-13-5-14-26-65)66-27-15-6-16-28-66)62-43-55-74(56-44-62)87-77(84)59-37-49-71(50-38-59)81(67-29-17-7-18-30-67)68-31-19-8-20-32-68/h3-56H,2H2,1H3. The highest BCUT2D eigenvalue weighted by molar-refractivity contribution is 5.94. The van der Waals surface area contributed by atoms with E-state index in [0.717, 1.165) is 67.9 Å². The van der Waals surface area contributed by atoms with Gasteiger partial charge >= 0.3 is 17.9 Å². The van der Waals surface area contributed by atoms with E-state index >= 15 is 0 Å². The Kier molecular flexibility index (Phi) is 16.7. The van der Waals surface area contributed by atoms with Crippen LogP contribution < -0.4 is 28.9 Å². The van der Waals surface area contributed by atoms with Crippen molar-refractivity contribution in [2.75, 3.05) is 14.7 Å². The molecule has 0 aliphatic heterocycles. The fourth-order valence-electron chi connectivity index (χ4n) is 11.1. The zero-order valence-corrected chi connectivity index (χ0v) is 47.7. The predicted octanol–water partition coefficient (Wildman–Crippen LogP) is 19.5. The number of hydrogen-bond acceptors (Lipinski definition) is 9. The van der Waals surface area contributed by atoms with Crippen molar-refractivity contribution in [3.63, 3.8) is 0 Å². The summed E-state index contributed by atoms with van der Waals surface area (Å²) in [4.78, 5) is 47.8. The first-order valence-corrected chi connectivity index (χ1v) is 28.8. The number of anilines is 9. The zero-order chi connectivity index (χ0) is 59.4. The van der Waals surface area contributed by atoms with Gasteiger partial charge in [0.15, 0.2) is 0 Å². The molecule has 0 fully saturated rings. The molecule has 0 aromatic heterocycles. The van der Waals surface area contributed by atoms with Gasteiger partial charge in [0.1, 0.15) is 17.2 Å². The lowest BCUT2D eigenvalue weighted by Crippen LogP contribution is -2.28. The lowest BCUT2D eigenvalue weighted by atomic mass is 9.67. The molecule has 0 spiro atoms. The van der Waals surface area contributed by atoms with Gasteiger partial charge in [-0.3, -0.25) is 0 Å². The van der Waals surface area contributed by atoms with Gasteiger partial charge in [0, 0.05) is 56.6 Å². The van der Waals surface area contributed by atoms with E-state index in [-0.39, 0.29) is 0 Å². The number of esters is 3. The van der Waals surface area contributed by atoms with E-state index in [1.54, 1.807) is 72.8 Å². The summed E-state index contributed by atoms with van der Waals surface area (Å²) < 4.78 is 18.1. The third-order valence-corrected chi connectivity index (χ3v) is 15.4. The second-order valence-electron chi connectivity index (χ2n) is 20.7. The van der Waals surface area contributed by atoms with Crippen LogP contribution in [-0.4, -0.2) is 17.9 Å². The maximum absolute atomic E-state index is 13.8. The molecule has 0 saturated heterocycles. The summed E-state index contributed by atoms with van der Waals surface area (Å²) >= 11 is 0. The van der Waals surface area contributed by atoms with Crippen LogP contribution in [0.25, 0.3) is 0 Å². The minimum absolute atomic E-state index is 0.374. The molecule has 0 atom stereocenters. The van der Waals surface area contributed by atoms with Crippen molar-refractivity contribution in [2.45, 2.75) is 18.8 Å². The summed E-state index contributed by atoms with van der Waals surface area (Å²) in [5, 5.41) is 0. The van der Waals surface area contributed by atoms with Crippen molar-refractivity contribution in [3.8, 4) is 17.2 Å². The van der Waals surface area contributed by atoms with Crippen LogP contribution in [0.2, 0.25) is 0 Å². The van der Waals surface area contributed by atoms with Gasteiger partial charge in [0.05, 0.1) is 16.7 Å². The van der Waals surface area contributed by atoms with Crippen LogP contribution in [0.15, 0.2) is 328 Å². The summed E-state index contributed by atoms with van der Waals surface area (Å²) in [7, 11) is 0. The molecule has 9 heteroatoms. The molecule has 12 aromatic rings. The van der Waals surface area contributed by atoms with Crippen molar-refractivity contribution in [1.29, 1.82) is 0 Å². The Balaban J connectivity index is 0.799. The van der Waals surface area contributed by atoms with Gasteiger partial charge in [-0.2, -0.15) is 0 Å². The Bertz CT molecular complexity index is 3660. The lowest BCUT2D eigenvalue weighted by Gasteiger charge is -2.35. The molecule has 0 heterocycles. The first kappa shape index (κ1) is 56.0. The van der Waals surface area contributed by atoms with E-state index < -0.39 is 23.3 Å². The number of carbonyl (C=O) groups excluding carboxylic acids is 3. The molecule has 0 radical (unpaired) electrons. The van der Waals surface area contributed by atoms with Gasteiger partial charge in [-0.05, 0) is 205 Å². The van der Waals surface area contributed by atoms with Gasteiger partial charge in [-0.1, -0.05) is 153 Å². The molecule has 12 aromatic carbocycles. The summed E-state index contributed by atoms with van der Waals surface area (Å²) in [5.41, 5.74) is 11.7. The number of benzene rings is 12. The quantitative estimate of drug-likeness (QED) is 0.0446. The van der Waals surface area contributed by atoms with Gasteiger partial charge in [-0.25, -0.2) is 14.4 Å². The molecule has 0 amide bonds. The van der Waals surface area contributed by atoms with Crippen molar-refractivity contribution < 1.29 is 28.6 Å². The minimum Gasteiger partial charge on any atom is -0.423 e. The number of rotatable bonds is 19. The first-order chi connectivity index (χ1) is 42.8. The summed E-state index contributed by atoms with van der Waals surface area (Å²) in [6, 6.07) is 105. The van der Waals surface area contributed by atoms with E-state index in [9.17, 15) is 14.4 Å². The summed E-state index contributed by atoms with van der Waals surface area (Å²) in [6.07, 6.45) is 0.588. The summed E-state index contributed by atoms with van der Waals surface area (Å²) in [6.45, 7) is 2.11. The lowest BCUT2D eigenvalue weighted by molar-refractivity contribution is 0.0725. The fraction of sp³-hybridized carbons (Fsp3) is 0.0385. The van der Waals surface area contributed by atoms with Crippen LogP contribution in [0.4, 0.5) is 51.2 Å². The van der Waals surface area contributed by atoms with Crippen LogP contribution in [0, 0.1) is 0 Å². The Morgan fingerprint density at radius 3 is 0.621 bits per heavy atom. The fourth-order valence-corrected chi connectivity index (χ4v) is 11.1. The Morgan fingerprint density at radius 1 is 0.253 bits per heavy atom. The Labute approximate surface area is 506 Å². The molecule has 0 saturated carbocycles. The average Bonchev–Trinajstić information content (AvgIpc) is 1.39. The number of nitrogens with zero attached hydrogens (tertiary/aromatic N) is 3. The van der Waals surface area contributed by atoms with Crippen LogP contribution in [0.3, 0.4) is 0 Å². The molecule has 0 aliphatic carbocycles. The maximum Gasteiger partial charge on any atom is 0.343 e. The highest BCUT2D eigenvalue weighted by Crippen LogP contribution is 2.45. The predicted molar refractivity (Wildman–Crippen MR) is 348 cm³/mol. The van der Waals surface area contributed by atoms with E-state index in [1.807, 2.05) is 255 Å². The number of carbonyl (C=O) groups is 3. The highest BCUT2D eigenvalue weighted by Gasteiger charge is 2.35. The van der Waals surface area contributed by atoms with Crippen molar-refractivity contribution in [2.24, 2.45) is 0 Å². The van der Waals surface area contributed by atoms with Gasteiger partial charge in [0.25, 0.3) is 0 Å². The minimum atomic E-state index is -0.786. The van der Waals surface area contributed by atoms with Gasteiger partial charge in [0.2, 0.25) is 0 Å². The van der Waals surface area contributed by atoms with Crippen molar-refractivity contribution in [3.05, 3.63) is 361 Å². The molecule has 12 rings (SSSR count). The number of para-hydroxylation sites is 6. The van der Waals surface area contributed by atoms with Gasteiger partial charge in [-0.15, -0.1) is 0 Å². The highest BCUT2D eigenvalue weighted by atomic mass is 16.5. The zero-order valence-electron chi connectivity index (χ0n) is 47.7. The van der Waals surface area contributed by atoms with Crippen molar-refractivity contribution >= 4 is 69.1 Å². The third kappa shape index (κ3) is 12.4. The van der Waals surface area contributed by atoms with E-state index in [4.69, 9.17) is 14.2 Å². The molecule has 0 aliphatic rings. The molecule has 0 N–H and O–H groups in total. The topological polar surface area (TPSA) is 88.6 Å². The second-order valence-corrected chi connectivity index (χ2v) is 20.7. The Morgan fingerprint density at radius 2 is 0.437 bits per heavy atom. The maximum atomic E-state index is 13.8. The SMILES string of the molecule is CCC(c1ccc(OC(=O)c2ccc(N(c3ccccc3)c3ccccc3)cc2)cc1)(c1ccc(OC(=O)c2ccc(N(c3ccccc3)c3ccccc3)cc2)cc1)c1ccc(OC(=O)c2ccc(N(c3ccccc3)c3ccccc3)cc2)cc1. The molecule has 422 valence electrons. The van der Waals surface area contributed by atoms with E-state index in [2.05, 4.69) is 21.6 Å². The molecule has 0 unspecified atom stereocenters. The van der Waals surface area contributed by atoms with Gasteiger partial charge < -0.3 is 28.9 Å². The molecule has 0 bridgehead atoms. The monoisotopic (exact) mass is 1130 g/mol. The smallest absolute Gasteiger partial charge is 0.343 e. The molecule has 9 nitrogen and oxygen atoms in total. The largest absolute Gasteiger partial charge is 0.423 e. The van der Waals surface area contributed by atoms with Crippen LogP contribution in [0.1, 0.15) is 61.1 Å². The van der Waals surface area contributed by atoms with Crippen LogP contribution >= 0.6 is 0 Å². The van der Waals surface area contributed by atoms with E-state index in [0.29, 0.717) is 40.4 Å². The molecular weight excluding hydrogens is 1070 g/mol. The second kappa shape index (κ2) is 25.9. The number of ether oxygens (including phenoxy) is 3. The normalized spacial score (nSPS) is 11.0. The molecule has 87 heavy (non-hydrogen) atoms.